The van der Waals surface area contributed by atoms with Crippen LogP contribution in [0.3, 0.4) is 0 Å². The van der Waals surface area contributed by atoms with Crippen LogP contribution in [0.4, 0.5) is 0 Å². The van der Waals surface area contributed by atoms with Gasteiger partial charge in [-0.25, -0.2) is 0 Å². The van der Waals surface area contributed by atoms with Crippen LogP contribution in [0.5, 0.6) is 5.75 Å². The molecule has 0 atom stereocenters. The standard InChI is InChI=1S/C13H13NO2/c15-9-11-1-3-13(4-2-11)16-10-12-5-7-14-8-6-12/h1-8,15H,9-10H2. The van der Waals surface area contributed by atoms with Gasteiger partial charge in [0.2, 0.25) is 0 Å². The lowest BCUT2D eigenvalue weighted by Gasteiger charge is -2.06. The number of pyridine rings is 1. The van der Waals surface area contributed by atoms with Crippen LogP contribution in [0.1, 0.15) is 11.1 Å². The van der Waals surface area contributed by atoms with E-state index in [4.69, 9.17) is 9.84 Å². The summed E-state index contributed by atoms with van der Waals surface area (Å²) in [5.41, 5.74) is 1.97. The highest BCUT2D eigenvalue weighted by atomic mass is 16.5. The summed E-state index contributed by atoms with van der Waals surface area (Å²) >= 11 is 0. The maximum atomic E-state index is 8.89. The van der Waals surface area contributed by atoms with E-state index in [1.807, 2.05) is 36.4 Å². The molecule has 0 aliphatic heterocycles. The first kappa shape index (κ1) is 10.6. The largest absolute Gasteiger partial charge is 0.489 e. The number of benzene rings is 1. The third-order valence-corrected chi connectivity index (χ3v) is 2.26. The van der Waals surface area contributed by atoms with E-state index in [1.54, 1.807) is 12.4 Å². The molecule has 1 aromatic heterocycles. The SMILES string of the molecule is OCc1ccc(OCc2ccncc2)cc1. The molecule has 0 aliphatic rings. The second-order valence-corrected chi connectivity index (χ2v) is 3.45. The Morgan fingerprint density at radius 1 is 0.938 bits per heavy atom. The molecule has 0 bridgehead atoms. The lowest BCUT2D eigenvalue weighted by atomic mass is 10.2. The Labute approximate surface area is 94.3 Å². The Morgan fingerprint density at radius 3 is 2.25 bits per heavy atom. The molecular formula is C13H13NO2. The van der Waals surface area contributed by atoms with Gasteiger partial charge in [-0.3, -0.25) is 4.98 Å². The number of rotatable bonds is 4. The van der Waals surface area contributed by atoms with Gasteiger partial charge < -0.3 is 9.84 Å². The lowest BCUT2D eigenvalue weighted by molar-refractivity contribution is 0.280. The normalized spacial score (nSPS) is 10.1. The maximum Gasteiger partial charge on any atom is 0.119 e. The average Bonchev–Trinajstić information content (AvgIpc) is 2.38. The summed E-state index contributed by atoms with van der Waals surface area (Å²) in [4.78, 5) is 3.94. The summed E-state index contributed by atoms with van der Waals surface area (Å²) in [6.07, 6.45) is 3.49. The van der Waals surface area contributed by atoms with Gasteiger partial charge in [-0.1, -0.05) is 12.1 Å². The molecule has 1 heterocycles. The zero-order chi connectivity index (χ0) is 11.2. The number of nitrogens with zero attached hydrogens (tertiary/aromatic N) is 1. The summed E-state index contributed by atoms with van der Waals surface area (Å²) < 4.78 is 5.58. The molecule has 1 N–H and O–H groups in total. The summed E-state index contributed by atoms with van der Waals surface area (Å²) in [6.45, 7) is 0.589. The van der Waals surface area contributed by atoms with Crippen molar-refractivity contribution >= 4 is 0 Å². The highest BCUT2D eigenvalue weighted by molar-refractivity contribution is 5.27. The predicted molar refractivity (Wildman–Crippen MR) is 60.9 cm³/mol. The second kappa shape index (κ2) is 5.28. The molecule has 0 aliphatic carbocycles. The molecule has 0 radical (unpaired) electrons. The lowest BCUT2D eigenvalue weighted by Crippen LogP contribution is -1.95. The molecule has 16 heavy (non-hydrogen) atoms. The van der Waals surface area contributed by atoms with Crippen molar-refractivity contribution in [2.75, 3.05) is 0 Å². The van der Waals surface area contributed by atoms with E-state index in [-0.39, 0.29) is 6.61 Å². The number of aliphatic hydroxyl groups is 1. The summed E-state index contributed by atoms with van der Waals surface area (Å²) in [6, 6.07) is 11.2. The van der Waals surface area contributed by atoms with E-state index in [0.29, 0.717) is 6.61 Å². The summed E-state index contributed by atoms with van der Waals surface area (Å²) in [7, 11) is 0. The third-order valence-electron chi connectivity index (χ3n) is 2.26. The van der Waals surface area contributed by atoms with Crippen molar-refractivity contribution in [2.24, 2.45) is 0 Å². The van der Waals surface area contributed by atoms with Crippen LogP contribution >= 0.6 is 0 Å². The molecular weight excluding hydrogens is 202 g/mol. The van der Waals surface area contributed by atoms with E-state index in [2.05, 4.69) is 4.98 Å². The molecule has 0 unspecified atom stereocenters. The zero-order valence-electron chi connectivity index (χ0n) is 8.84. The minimum Gasteiger partial charge on any atom is -0.489 e. The minimum absolute atomic E-state index is 0.0602. The van der Waals surface area contributed by atoms with Gasteiger partial charge in [0.15, 0.2) is 0 Å². The monoisotopic (exact) mass is 215 g/mol. The Hall–Kier alpha value is -1.87. The third kappa shape index (κ3) is 2.81. The van der Waals surface area contributed by atoms with Crippen molar-refractivity contribution in [3.05, 3.63) is 59.9 Å². The maximum absolute atomic E-state index is 8.89. The van der Waals surface area contributed by atoms with E-state index >= 15 is 0 Å². The molecule has 3 heteroatoms. The Kier molecular flexibility index (Phi) is 3.51. The number of ether oxygens (including phenoxy) is 1. The Bertz CT molecular complexity index is 425. The van der Waals surface area contributed by atoms with Crippen molar-refractivity contribution in [3.8, 4) is 5.75 Å². The van der Waals surface area contributed by atoms with Crippen LogP contribution in [-0.4, -0.2) is 10.1 Å². The molecule has 82 valence electrons. The summed E-state index contributed by atoms with van der Waals surface area (Å²) in [5, 5.41) is 8.89. The van der Waals surface area contributed by atoms with Gasteiger partial charge in [0.05, 0.1) is 6.61 Å². The van der Waals surface area contributed by atoms with Crippen molar-refractivity contribution in [1.29, 1.82) is 0 Å². The van der Waals surface area contributed by atoms with E-state index in [1.165, 1.54) is 0 Å². The molecule has 0 fully saturated rings. The average molecular weight is 215 g/mol. The zero-order valence-corrected chi connectivity index (χ0v) is 8.84. The number of aromatic nitrogens is 1. The van der Waals surface area contributed by atoms with Gasteiger partial charge in [0.1, 0.15) is 12.4 Å². The van der Waals surface area contributed by atoms with Crippen LogP contribution in [0.25, 0.3) is 0 Å². The number of hydrogen-bond acceptors (Lipinski definition) is 3. The fourth-order valence-corrected chi connectivity index (χ4v) is 1.34. The Morgan fingerprint density at radius 2 is 1.62 bits per heavy atom. The quantitative estimate of drug-likeness (QED) is 0.849. The molecule has 0 saturated carbocycles. The molecule has 2 rings (SSSR count). The first-order valence-corrected chi connectivity index (χ1v) is 5.10. The van der Waals surface area contributed by atoms with Crippen molar-refractivity contribution < 1.29 is 9.84 Å². The van der Waals surface area contributed by atoms with Gasteiger partial charge in [0, 0.05) is 12.4 Å². The first-order valence-electron chi connectivity index (χ1n) is 5.10. The van der Waals surface area contributed by atoms with Crippen LogP contribution in [0.2, 0.25) is 0 Å². The van der Waals surface area contributed by atoms with Gasteiger partial charge in [-0.2, -0.15) is 0 Å². The minimum atomic E-state index is 0.0602. The van der Waals surface area contributed by atoms with Gasteiger partial charge >= 0.3 is 0 Å². The fourth-order valence-electron chi connectivity index (χ4n) is 1.34. The first-order chi connectivity index (χ1) is 7.88. The van der Waals surface area contributed by atoms with Gasteiger partial charge in [0.25, 0.3) is 0 Å². The number of aliphatic hydroxyl groups excluding tert-OH is 1. The smallest absolute Gasteiger partial charge is 0.119 e. The van der Waals surface area contributed by atoms with Gasteiger partial charge in [-0.05, 0) is 35.4 Å². The van der Waals surface area contributed by atoms with Gasteiger partial charge in [-0.15, -0.1) is 0 Å². The molecule has 0 saturated heterocycles. The molecule has 3 nitrogen and oxygen atoms in total. The topological polar surface area (TPSA) is 42.4 Å². The summed E-state index contributed by atoms with van der Waals surface area (Å²) in [5.74, 6) is 0.800. The van der Waals surface area contributed by atoms with Crippen LogP contribution in [0.15, 0.2) is 48.8 Å². The highest BCUT2D eigenvalue weighted by Crippen LogP contribution is 2.13. The van der Waals surface area contributed by atoms with E-state index in [0.717, 1.165) is 16.9 Å². The van der Waals surface area contributed by atoms with Crippen LogP contribution in [0, 0.1) is 0 Å². The molecule has 2 aromatic rings. The van der Waals surface area contributed by atoms with Crippen LogP contribution < -0.4 is 4.74 Å². The Balaban J connectivity index is 1.94. The van der Waals surface area contributed by atoms with Crippen molar-refractivity contribution in [1.82, 2.24) is 4.98 Å². The molecule has 0 spiro atoms. The van der Waals surface area contributed by atoms with Crippen molar-refractivity contribution in [3.63, 3.8) is 0 Å². The number of hydrogen-bond donors (Lipinski definition) is 1. The highest BCUT2D eigenvalue weighted by Gasteiger charge is 1.96. The van der Waals surface area contributed by atoms with E-state index in [9.17, 15) is 0 Å². The molecule has 1 aromatic carbocycles. The predicted octanol–water partition coefficient (Wildman–Crippen LogP) is 2.15. The second-order valence-electron chi connectivity index (χ2n) is 3.45. The van der Waals surface area contributed by atoms with E-state index < -0.39 is 0 Å². The van der Waals surface area contributed by atoms with Crippen LogP contribution in [-0.2, 0) is 13.2 Å². The molecule has 0 amide bonds. The van der Waals surface area contributed by atoms with Crippen molar-refractivity contribution in [2.45, 2.75) is 13.2 Å². The fraction of sp³-hybridized carbons (Fsp3) is 0.154.